The zero-order valence-corrected chi connectivity index (χ0v) is 5.45. The van der Waals surface area contributed by atoms with Crippen LogP contribution in [0.4, 0.5) is 0 Å². The minimum absolute atomic E-state index is 0. The van der Waals surface area contributed by atoms with Crippen molar-refractivity contribution >= 4 is 0 Å². The van der Waals surface area contributed by atoms with Crippen molar-refractivity contribution in [2.24, 2.45) is 0 Å². The first-order valence-electron chi connectivity index (χ1n) is 2.24. The van der Waals surface area contributed by atoms with Gasteiger partial charge in [-0.15, -0.1) is 0 Å². The van der Waals surface area contributed by atoms with Gasteiger partial charge >= 0.3 is 17.1 Å². The van der Waals surface area contributed by atoms with Crippen molar-refractivity contribution < 1.29 is 17.1 Å². The van der Waals surface area contributed by atoms with Gasteiger partial charge in [-0.05, 0) is 12.1 Å². The molecule has 0 spiro atoms. The monoisotopic (exact) mass is 167 g/mol. The number of pyridine rings is 1. The van der Waals surface area contributed by atoms with E-state index in [-0.39, 0.29) is 17.1 Å². The molecule has 1 heterocycles. The molecule has 0 aliphatic carbocycles. The summed E-state index contributed by atoms with van der Waals surface area (Å²) in [5.74, 6) is 0. The molecule has 0 aromatic carbocycles. The Bertz CT molecular complexity index is 202. The average Bonchev–Trinajstić information content (AvgIpc) is 1.90. The second-order valence-corrected chi connectivity index (χ2v) is 1.33. The van der Waals surface area contributed by atoms with Gasteiger partial charge < -0.3 is 0 Å². The molecular weight excluding hydrogens is 164 g/mol. The second kappa shape index (κ2) is 4.08. The van der Waals surface area contributed by atoms with E-state index in [0.717, 1.165) is 0 Å². The van der Waals surface area contributed by atoms with Crippen LogP contribution >= 0.6 is 0 Å². The van der Waals surface area contributed by atoms with Crippen LogP contribution in [0.25, 0.3) is 0 Å². The summed E-state index contributed by atoms with van der Waals surface area (Å²) in [4.78, 5) is 3.74. The van der Waals surface area contributed by atoms with Gasteiger partial charge in [-0.25, -0.2) is 4.98 Å². The quantitative estimate of drug-likeness (QED) is 0.540. The molecular formula is C6H4CuN2+. The fraction of sp³-hybridized carbons (Fsp3) is 0. The van der Waals surface area contributed by atoms with Gasteiger partial charge in [-0.2, -0.15) is 5.26 Å². The van der Waals surface area contributed by atoms with Crippen LogP contribution < -0.4 is 0 Å². The smallest absolute Gasteiger partial charge is 0.246 e. The number of rotatable bonds is 0. The van der Waals surface area contributed by atoms with Gasteiger partial charge in [-0.1, -0.05) is 6.07 Å². The third-order valence-corrected chi connectivity index (χ3v) is 0.779. The van der Waals surface area contributed by atoms with Crippen molar-refractivity contribution in [2.45, 2.75) is 0 Å². The van der Waals surface area contributed by atoms with Gasteiger partial charge in [0.25, 0.3) is 0 Å². The fourth-order valence-electron chi connectivity index (χ4n) is 0.429. The van der Waals surface area contributed by atoms with Crippen molar-refractivity contribution in [3.8, 4) is 6.07 Å². The van der Waals surface area contributed by atoms with Crippen molar-refractivity contribution in [3.05, 3.63) is 30.1 Å². The van der Waals surface area contributed by atoms with E-state index in [2.05, 4.69) is 4.98 Å². The molecule has 48 valence electrons. The molecule has 0 aliphatic rings. The minimum Gasteiger partial charge on any atom is -0.246 e. The Kier molecular flexibility index (Phi) is 3.70. The number of aromatic nitrogens is 1. The minimum atomic E-state index is 0. The number of hydrogen-bond donors (Lipinski definition) is 0. The normalized spacial score (nSPS) is 7.00. The van der Waals surface area contributed by atoms with Crippen molar-refractivity contribution in [1.82, 2.24) is 4.98 Å². The maximum absolute atomic E-state index is 8.23. The van der Waals surface area contributed by atoms with Gasteiger partial charge in [0.05, 0.1) is 0 Å². The first-order valence-corrected chi connectivity index (χ1v) is 2.24. The van der Waals surface area contributed by atoms with E-state index in [9.17, 15) is 0 Å². The van der Waals surface area contributed by atoms with Gasteiger partial charge in [-0.3, -0.25) is 0 Å². The largest absolute Gasteiger partial charge is 1.00 e. The first-order chi connectivity index (χ1) is 3.93. The Morgan fingerprint density at radius 2 is 2.22 bits per heavy atom. The summed E-state index contributed by atoms with van der Waals surface area (Å²) in [5.41, 5.74) is 0.465. The molecule has 0 bridgehead atoms. The Morgan fingerprint density at radius 1 is 1.44 bits per heavy atom. The van der Waals surface area contributed by atoms with Crippen LogP contribution in [0, 0.1) is 11.3 Å². The molecule has 2 nitrogen and oxygen atoms in total. The molecule has 1 rings (SSSR count). The van der Waals surface area contributed by atoms with Crippen molar-refractivity contribution in [1.29, 1.82) is 5.26 Å². The molecule has 0 saturated carbocycles. The van der Waals surface area contributed by atoms with E-state index in [1.807, 2.05) is 6.07 Å². The molecule has 0 fully saturated rings. The third-order valence-electron chi connectivity index (χ3n) is 0.779. The van der Waals surface area contributed by atoms with E-state index >= 15 is 0 Å². The molecule has 0 amide bonds. The zero-order valence-electron chi connectivity index (χ0n) is 4.51. The number of hydrogen-bond acceptors (Lipinski definition) is 2. The Balaban J connectivity index is 0.000000640. The molecule has 0 saturated heterocycles. The van der Waals surface area contributed by atoms with Crippen LogP contribution in [0.3, 0.4) is 0 Å². The molecule has 0 unspecified atom stereocenters. The van der Waals surface area contributed by atoms with E-state index in [1.54, 1.807) is 24.4 Å². The maximum atomic E-state index is 8.23. The molecule has 0 radical (unpaired) electrons. The second-order valence-electron chi connectivity index (χ2n) is 1.33. The average molecular weight is 168 g/mol. The molecule has 1 aromatic rings. The number of nitrogens with zero attached hydrogens (tertiary/aromatic N) is 2. The Hall–Kier alpha value is -0.841. The topological polar surface area (TPSA) is 36.7 Å². The molecule has 9 heavy (non-hydrogen) atoms. The van der Waals surface area contributed by atoms with Crippen LogP contribution in [0.15, 0.2) is 24.4 Å². The van der Waals surface area contributed by atoms with Crippen molar-refractivity contribution in [3.63, 3.8) is 0 Å². The Morgan fingerprint density at radius 3 is 2.56 bits per heavy atom. The van der Waals surface area contributed by atoms with Crippen LogP contribution in [-0.2, 0) is 17.1 Å². The molecule has 0 N–H and O–H groups in total. The zero-order chi connectivity index (χ0) is 5.82. The summed E-state index contributed by atoms with van der Waals surface area (Å²) < 4.78 is 0. The molecule has 1 aromatic heterocycles. The SMILES string of the molecule is N#Cc1ccccn1.[Cu+]. The van der Waals surface area contributed by atoms with Crippen LogP contribution in [-0.4, -0.2) is 4.98 Å². The van der Waals surface area contributed by atoms with Gasteiger partial charge in [0.1, 0.15) is 11.8 Å². The van der Waals surface area contributed by atoms with Crippen LogP contribution in [0.5, 0.6) is 0 Å². The summed E-state index contributed by atoms with van der Waals surface area (Å²) in [6.07, 6.45) is 1.60. The summed E-state index contributed by atoms with van der Waals surface area (Å²) >= 11 is 0. The standard InChI is InChI=1S/C6H4N2.Cu/c7-5-6-3-1-2-4-8-6;/h1-4H;/q;+1. The van der Waals surface area contributed by atoms with Crippen molar-refractivity contribution in [2.75, 3.05) is 0 Å². The van der Waals surface area contributed by atoms with Gasteiger partial charge in [0.2, 0.25) is 0 Å². The number of nitriles is 1. The van der Waals surface area contributed by atoms with E-state index < -0.39 is 0 Å². The molecule has 0 atom stereocenters. The van der Waals surface area contributed by atoms with Crippen LogP contribution in [0.2, 0.25) is 0 Å². The Labute approximate surface area is 64.0 Å². The maximum Gasteiger partial charge on any atom is 1.00 e. The van der Waals surface area contributed by atoms with E-state index in [0.29, 0.717) is 5.69 Å². The van der Waals surface area contributed by atoms with E-state index in [1.165, 1.54) is 0 Å². The molecule has 0 aliphatic heterocycles. The predicted molar refractivity (Wildman–Crippen MR) is 29.0 cm³/mol. The summed E-state index contributed by atoms with van der Waals surface area (Å²) in [6.45, 7) is 0. The van der Waals surface area contributed by atoms with Gasteiger partial charge in [0, 0.05) is 6.20 Å². The fourth-order valence-corrected chi connectivity index (χ4v) is 0.429. The molecule has 3 heteroatoms. The van der Waals surface area contributed by atoms with Gasteiger partial charge in [0.15, 0.2) is 0 Å². The summed E-state index contributed by atoms with van der Waals surface area (Å²) in [7, 11) is 0. The summed E-state index contributed by atoms with van der Waals surface area (Å²) in [6, 6.07) is 7.14. The van der Waals surface area contributed by atoms with Crippen LogP contribution in [0.1, 0.15) is 5.69 Å². The third kappa shape index (κ3) is 2.27. The summed E-state index contributed by atoms with van der Waals surface area (Å²) in [5, 5.41) is 8.23. The first kappa shape index (κ1) is 8.16. The predicted octanol–water partition coefficient (Wildman–Crippen LogP) is 0.951. The van der Waals surface area contributed by atoms with E-state index in [4.69, 9.17) is 5.26 Å².